The van der Waals surface area contributed by atoms with Crippen molar-refractivity contribution in [2.75, 3.05) is 16.3 Å². The quantitative estimate of drug-likeness (QED) is 0.162. The minimum Gasteiger partial charge on any atom is -0.358 e. The molecule has 0 saturated carbocycles. The van der Waals surface area contributed by atoms with Crippen LogP contribution in [-0.2, 0) is 4.79 Å². The maximum absolute atomic E-state index is 13.5. The van der Waals surface area contributed by atoms with Gasteiger partial charge in [0.2, 0.25) is 0 Å². The number of halogens is 2. The maximum Gasteiger partial charge on any atom is 0.255 e. The third-order valence-electron chi connectivity index (χ3n) is 3.08. The summed E-state index contributed by atoms with van der Waals surface area (Å²) in [7, 11) is 0. The number of anilines is 2. The van der Waals surface area contributed by atoms with Crippen molar-refractivity contribution < 1.29 is 40.3 Å². The van der Waals surface area contributed by atoms with Gasteiger partial charge in [0.1, 0.15) is 5.83 Å². The Kier molecular flexibility index (Phi) is 13.9. The molecule has 0 bridgehead atoms. The Balaban J connectivity index is 0. The number of carbonyl (C=O) groups is 1. The van der Waals surface area contributed by atoms with Crippen LogP contribution in [0.25, 0.3) is 0 Å². The predicted molar refractivity (Wildman–Crippen MR) is 111 cm³/mol. The SMILES string of the molecule is C=C(/C=C(\C)C(=C)/C(F)=C\C)C(=O)Nc1cc(Cl)cc(NSC)c1.[CH3-].[U]. The van der Waals surface area contributed by atoms with Gasteiger partial charge in [0.05, 0.1) is 0 Å². The fourth-order valence-electron chi connectivity index (χ4n) is 1.83. The summed E-state index contributed by atoms with van der Waals surface area (Å²) >= 11 is 7.45. The Morgan fingerprint density at radius 3 is 2.38 bits per heavy atom. The van der Waals surface area contributed by atoms with Crippen molar-refractivity contribution in [2.45, 2.75) is 13.8 Å². The number of hydrogen-bond acceptors (Lipinski definition) is 3. The second-order valence-corrected chi connectivity index (χ2v) is 6.01. The normalized spacial score (nSPS) is 11.0. The Morgan fingerprint density at radius 1 is 1.27 bits per heavy atom. The first-order chi connectivity index (χ1) is 11.3. The topological polar surface area (TPSA) is 41.1 Å². The van der Waals surface area contributed by atoms with Crippen molar-refractivity contribution >= 4 is 40.8 Å². The van der Waals surface area contributed by atoms with Gasteiger partial charge in [-0.15, -0.1) is 0 Å². The van der Waals surface area contributed by atoms with E-state index >= 15 is 0 Å². The first kappa shape index (κ1) is 27.3. The van der Waals surface area contributed by atoms with Gasteiger partial charge in [-0.25, -0.2) is 4.39 Å². The van der Waals surface area contributed by atoms with Crippen molar-refractivity contribution in [3.8, 4) is 0 Å². The van der Waals surface area contributed by atoms with Gasteiger partial charge in [0, 0.05) is 64.9 Å². The van der Waals surface area contributed by atoms with Crippen LogP contribution < -0.4 is 10.0 Å². The van der Waals surface area contributed by atoms with Gasteiger partial charge in [-0.2, -0.15) is 0 Å². The van der Waals surface area contributed by atoms with Crippen molar-refractivity contribution in [1.82, 2.24) is 0 Å². The standard InChI is InChI=1S/C18H20ClFN2OS.CH3.U/c1-6-17(20)13(4)11(2)7-12(3)18(23)21-15-8-14(19)9-16(10-15)22-24-5;;/h6-10,22H,3-4H2,1-2,5H3,(H,21,23);1H3;/q;-1;/b11-7+,17-6+;;. The monoisotopic (exact) mass is 619 g/mol. The van der Waals surface area contributed by atoms with Gasteiger partial charge < -0.3 is 17.5 Å². The van der Waals surface area contributed by atoms with Gasteiger partial charge in [-0.3, -0.25) is 4.79 Å². The fraction of sp³-hybridized carbons (Fsp3) is 0.158. The summed E-state index contributed by atoms with van der Waals surface area (Å²) in [5, 5.41) is 3.20. The molecule has 1 aromatic rings. The van der Waals surface area contributed by atoms with Gasteiger partial charge in [0.25, 0.3) is 5.91 Å². The summed E-state index contributed by atoms with van der Waals surface area (Å²) in [6.07, 6.45) is 4.69. The molecule has 1 amide bonds. The summed E-state index contributed by atoms with van der Waals surface area (Å²) < 4.78 is 16.5. The van der Waals surface area contributed by atoms with Crippen LogP contribution in [0.15, 0.2) is 66.1 Å². The summed E-state index contributed by atoms with van der Waals surface area (Å²) in [6, 6.07) is 5.13. The van der Waals surface area contributed by atoms with Crippen molar-refractivity contribution in [3.63, 3.8) is 0 Å². The number of carbonyl (C=O) groups excluding carboxylic acids is 1. The van der Waals surface area contributed by atoms with Crippen LogP contribution in [0.2, 0.25) is 5.02 Å². The molecule has 0 unspecified atom stereocenters. The number of allylic oxidation sites excluding steroid dienone is 4. The van der Waals surface area contributed by atoms with Gasteiger partial charge in [-0.1, -0.05) is 42.8 Å². The zero-order valence-corrected chi connectivity index (χ0v) is 21.1. The molecular weight excluding hydrogens is 597 g/mol. The molecule has 0 aliphatic heterocycles. The van der Waals surface area contributed by atoms with Crippen LogP contribution in [0.5, 0.6) is 0 Å². The molecule has 0 radical (unpaired) electrons. The Morgan fingerprint density at radius 2 is 1.85 bits per heavy atom. The number of benzene rings is 1. The molecule has 0 heterocycles. The molecule has 0 fully saturated rings. The molecule has 0 aliphatic rings. The molecule has 0 aliphatic carbocycles. The van der Waals surface area contributed by atoms with E-state index in [0.717, 1.165) is 5.69 Å². The van der Waals surface area contributed by atoms with Crippen molar-refractivity contribution in [3.05, 3.63) is 78.5 Å². The van der Waals surface area contributed by atoms with Gasteiger partial charge >= 0.3 is 0 Å². The van der Waals surface area contributed by atoms with E-state index in [-0.39, 0.29) is 49.7 Å². The largest absolute Gasteiger partial charge is 0.358 e. The third-order valence-corrected chi connectivity index (χ3v) is 3.73. The summed E-state index contributed by atoms with van der Waals surface area (Å²) in [5.74, 6) is -0.833. The van der Waals surface area contributed by atoms with Crippen LogP contribution in [0.4, 0.5) is 15.8 Å². The van der Waals surface area contributed by atoms with Crippen LogP contribution >= 0.6 is 23.5 Å². The van der Waals surface area contributed by atoms with Crippen LogP contribution in [0.1, 0.15) is 13.8 Å². The second-order valence-electron chi connectivity index (χ2n) is 4.96. The number of nitrogens with one attached hydrogen (secondary N) is 2. The van der Waals surface area contributed by atoms with Crippen LogP contribution in [0.3, 0.4) is 0 Å². The first-order valence-electron chi connectivity index (χ1n) is 7.08. The molecule has 1 aromatic carbocycles. The summed E-state index contributed by atoms with van der Waals surface area (Å²) in [6.45, 7) is 10.6. The fourth-order valence-corrected chi connectivity index (χ4v) is 2.42. The Hall–Kier alpha value is -0.928. The van der Waals surface area contributed by atoms with E-state index in [4.69, 9.17) is 11.6 Å². The molecule has 3 nitrogen and oxygen atoms in total. The van der Waals surface area contributed by atoms with Crippen LogP contribution in [-0.4, -0.2) is 12.2 Å². The molecule has 1 rings (SSSR count). The molecule has 0 spiro atoms. The third kappa shape index (κ3) is 8.64. The predicted octanol–water partition coefficient (Wildman–Crippen LogP) is 6.35. The Bertz CT molecular complexity index is 732. The zero-order valence-electron chi connectivity index (χ0n) is 15.4. The average Bonchev–Trinajstić information content (AvgIpc) is 2.52. The van der Waals surface area contributed by atoms with E-state index in [1.165, 1.54) is 24.1 Å². The van der Waals surface area contributed by atoms with E-state index in [9.17, 15) is 9.18 Å². The second kappa shape index (κ2) is 13.3. The van der Waals surface area contributed by atoms with Crippen LogP contribution in [0, 0.1) is 38.5 Å². The molecule has 0 saturated heterocycles. The van der Waals surface area contributed by atoms with Gasteiger partial charge in [-0.05, 0) is 43.7 Å². The smallest absolute Gasteiger partial charge is 0.255 e. The zero-order chi connectivity index (χ0) is 18.3. The minimum absolute atomic E-state index is 0. The number of rotatable bonds is 7. The summed E-state index contributed by atoms with van der Waals surface area (Å²) in [5.41, 5.74) is 2.25. The molecule has 140 valence electrons. The van der Waals surface area contributed by atoms with Crippen molar-refractivity contribution in [2.24, 2.45) is 0 Å². The number of hydrogen-bond donors (Lipinski definition) is 2. The van der Waals surface area contributed by atoms with Gasteiger partial charge in [0.15, 0.2) is 0 Å². The molecule has 0 aromatic heterocycles. The Labute approximate surface area is 188 Å². The maximum atomic E-state index is 13.5. The van der Waals surface area contributed by atoms with Crippen molar-refractivity contribution in [1.29, 1.82) is 0 Å². The van der Waals surface area contributed by atoms with E-state index in [1.54, 1.807) is 32.0 Å². The minimum atomic E-state index is -0.431. The molecular formula is C19H23ClFN2OSU-. The van der Waals surface area contributed by atoms with E-state index in [2.05, 4.69) is 23.2 Å². The van der Waals surface area contributed by atoms with E-state index in [1.807, 2.05) is 6.26 Å². The van der Waals surface area contributed by atoms with E-state index in [0.29, 0.717) is 16.3 Å². The molecule has 26 heavy (non-hydrogen) atoms. The molecule has 7 heteroatoms. The molecule has 0 atom stereocenters. The van der Waals surface area contributed by atoms with E-state index < -0.39 is 11.7 Å². The average molecular weight is 620 g/mol. The summed E-state index contributed by atoms with van der Waals surface area (Å²) in [4.78, 5) is 12.2. The first-order valence-corrected chi connectivity index (χ1v) is 8.68. The molecule has 2 N–H and O–H groups in total. The number of amides is 1.